The molecule has 1 aromatic heterocycles. The zero-order valence-corrected chi connectivity index (χ0v) is 12.5. The predicted octanol–water partition coefficient (Wildman–Crippen LogP) is 3.91. The zero-order chi connectivity index (χ0) is 14.4. The summed E-state index contributed by atoms with van der Waals surface area (Å²) in [5, 5.41) is 3.46. The molecule has 0 atom stereocenters. The largest absolute Gasteiger partial charge is 0.385 e. The van der Waals surface area contributed by atoms with E-state index in [1.807, 2.05) is 0 Å². The summed E-state index contributed by atoms with van der Waals surface area (Å²) < 4.78 is 2.21. The van der Waals surface area contributed by atoms with E-state index in [1.54, 1.807) is 0 Å². The number of benzene rings is 2. The van der Waals surface area contributed by atoms with Gasteiger partial charge in [0.15, 0.2) is 0 Å². The van der Waals surface area contributed by atoms with E-state index in [0.717, 1.165) is 24.3 Å². The molecule has 3 aromatic rings. The van der Waals surface area contributed by atoms with Crippen LogP contribution in [0.3, 0.4) is 0 Å². The van der Waals surface area contributed by atoms with Gasteiger partial charge in [-0.3, -0.25) is 0 Å². The Morgan fingerprint density at radius 3 is 2.95 bits per heavy atom. The highest BCUT2D eigenvalue weighted by Gasteiger charge is 2.14. The van der Waals surface area contributed by atoms with Crippen molar-refractivity contribution in [3.8, 4) is 11.4 Å². The maximum Gasteiger partial charge on any atom is 0.140 e. The van der Waals surface area contributed by atoms with Crippen LogP contribution in [-0.2, 0) is 13.5 Å². The number of hydrogen-bond acceptors (Lipinski definition) is 2. The molecule has 3 heteroatoms. The number of hydrogen-bond donors (Lipinski definition) is 1. The molecule has 1 aliphatic rings. The fourth-order valence-electron chi connectivity index (χ4n) is 3.34. The molecule has 106 valence electrons. The van der Waals surface area contributed by atoms with Crippen molar-refractivity contribution in [2.24, 2.45) is 7.05 Å². The van der Waals surface area contributed by atoms with E-state index in [1.165, 1.54) is 34.3 Å². The summed E-state index contributed by atoms with van der Waals surface area (Å²) in [5.41, 5.74) is 7.46. The molecule has 1 aliphatic heterocycles. The quantitative estimate of drug-likeness (QED) is 0.731. The van der Waals surface area contributed by atoms with Gasteiger partial charge >= 0.3 is 0 Å². The van der Waals surface area contributed by atoms with Crippen molar-refractivity contribution in [3.63, 3.8) is 0 Å². The number of aromatic nitrogens is 2. The lowest BCUT2D eigenvalue weighted by Crippen LogP contribution is -2.11. The first-order chi connectivity index (χ1) is 10.2. The van der Waals surface area contributed by atoms with Crippen molar-refractivity contribution in [2.45, 2.75) is 19.8 Å². The Labute approximate surface area is 124 Å². The first kappa shape index (κ1) is 12.5. The van der Waals surface area contributed by atoms with E-state index in [-0.39, 0.29) is 0 Å². The number of anilines is 1. The third kappa shape index (κ3) is 1.92. The molecule has 1 N–H and O–H groups in total. The van der Waals surface area contributed by atoms with Gasteiger partial charge in [-0.25, -0.2) is 4.98 Å². The van der Waals surface area contributed by atoms with Crippen molar-refractivity contribution in [1.29, 1.82) is 0 Å². The van der Waals surface area contributed by atoms with Crippen molar-refractivity contribution in [2.75, 3.05) is 11.9 Å². The minimum Gasteiger partial charge on any atom is -0.385 e. The molecule has 0 unspecified atom stereocenters. The highest BCUT2D eigenvalue weighted by atomic mass is 15.1. The molecule has 0 aliphatic carbocycles. The Morgan fingerprint density at radius 1 is 1.19 bits per heavy atom. The van der Waals surface area contributed by atoms with E-state index in [9.17, 15) is 0 Å². The number of aryl methyl sites for hydroxylation is 3. The lowest BCUT2D eigenvalue weighted by atomic mass is 10.0. The Hall–Kier alpha value is -2.29. The standard InChI is InChI=1S/C18H19N3/c1-12-5-3-7-16-17(12)21(2)18(20-16)14-8-9-15-13(11-14)6-4-10-19-15/h3,5,7-9,11,19H,4,6,10H2,1-2H3. The van der Waals surface area contributed by atoms with Gasteiger partial charge in [-0.2, -0.15) is 0 Å². The molecule has 2 aromatic carbocycles. The van der Waals surface area contributed by atoms with Gasteiger partial charge in [0.1, 0.15) is 5.82 Å². The monoisotopic (exact) mass is 277 g/mol. The number of nitrogens with zero attached hydrogens (tertiary/aromatic N) is 2. The first-order valence-electron chi connectivity index (χ1n) is 7.53. The van der Waals surface area contributed by atoms with Crippen molar-refractivity contribution >= 4 is 16.7 Å². The molecule has 0 saturated heterocycles. The molecule has 2 heterocycles. The highest BCUT2D eigenvalue weighted by Crippen LogP contribution is 2.30. The fourth-order valence-corrected chi connectivity index (χ4v) is 3.34. The van der Waals surface area contributed by atoms with Crippen LogP contribution in [0.25, 0.3) is 22.4 Å². The number of fused-ring (bicyclic) bond motifs is 2. The summed E-state index contributed by atoms with van der Waals surface area (Å²) in [4.78, 5) is 4.83. The summed E-state index contributed by atoms with van der Waals surface area (Å²) in [6, 6.07) is 13.0. The second-order valence-corrected chi connectivity index (χ2v) is 5.84. The second kappa shape index (κ2) is 4.62. The third-order valence-corrected chi connectivity index (χ3v) is 4.40. The van der Waals surface area contributed by atoms with Crippen LogP contribution in [0.5, 0.6) is 0 Å². The van der Waals surface area contributed by atoms with Crippen molar-refractivity contribution < 1.29 is 0 Å². The van der Waals surface area contributed by atoms with Gasteiger partial charge in [-0.15, -0.1) is 0 Å². The van der Waals surface area contributed by atoms with Crippen molar-refractivity contribution in [3.05, 3.63) is 47.5 Å². The molecule has 0 fully saturated rings. The predicted molar refractivity (Wildman–Crippen MR) is 87.7 cm³/mol. The van der Waals surface area contributed by atoms with Gasteiger partial charge in [-0.1, -0.05) is 12.1 Å². The smallest absolute Gasteiger partial charge is 0.140 e. The maximum atomic E-state index is 4.83. The van der Waals surface area contributed by atoms with Gasteiger partial charge in [0, 0.05) is 24.8 Å². The number of nitrogens with one attached hydrogen (secondary N) is 1. The SMILES string of the molecule is Cc1cccc2nc(-c3ccc4c(c3)CCCN4)n(C)c12. The Balaban J connectivity index is 1.90. The molecule has 0 saturated carbocycles. The van der Waals surface area contributed by atoms with Crippen LogP contribution >= 0.6 is 0 Å². The summed E-state index contributed by atoms with van der Waals surface area (Å²) in [7, 11) is 2.11. The topological polar surface area (TPSA) is 29.9 Å². The Morgan fingerprint density at radius 2 is 2.10 bits per heavy atom. The van der Waals surface area contributed by atoms with Crippen molar-refractivity contribution in [1.82, 2.24) is 9.55 Å². The molecule has 3 nitrogen and oxygen atoms in total. The van der Waals surface area contributed by atoms with E-state index in [4.69, 9.17) is 4.98 Å². The lowest BCUT2D eigenvalue weighted by Gasteiger charge is -2.18. The van der Waals surface area contributed by atoms with Gasteiger partial charge in [-0.05, 0) is 55.2 Å². The fraction of sp³-hybridized carbons (Fsp3) is 0.278. The maximum absolute atomic E-state index is 4.83. The summed E-state index contributed by atoms with van der Waals surface area (Å²) >= 11 is 0. The molecule has 0 spiro atoms. The minimum atomic E-state index is 1.05. The first-order valence-corrected chi connectivity index (χ1v) is 7.53. The third-order valence-electron chi connectivity index (χ3n) is 4.40. The van der Waals surface area contributed by atoms with Crippen LogP contribution < -0.4 is 5.32 Å². The van der Waals surface area contributed by atoms with Crippen LogP contribution in [0.1, 0.15) is 17.5 Å². The lowest BCUT2D eigenvalue weighted by molar-refractivity contribution is 0.830. The molecule has 21 heavy (non-hydrogen) atoms. The van der Waals surface area contributed by atoms with E-state index in [0.29, 0.717) is 0 Å². The van der Waals surface area contributed by atoms with Crippen LogP contribution in [0.15, 0.2) is 36.4 Å². The Bertz CT molecular complexity index is 830. The van der Waals surface area contributed by atoms with Gasteiger partial charge in [0.05, 0.1) is 11.0 Å². The minimum absolute atomic E-state index is 1.05. The number of para-hydroxylation sites is 1. The summed E-state index contributed by atoms with van der Waals surface area (Å²) in [5.74, 6) is 1.05. The molecule has 0 amide bonds. The summed E-state index contributed by atoms with van der Waals surface area (Å²) in [6.45, 7) is 3.22. The normalized spacial score (nSPS) is 14.0. The Kier molecular flexibility index (Phi) is 2.74. The van der Waals surface area contributed by atoms with Crippen LogP contribution in [0.4, 0.5) is 5.69 Å². The van der Waals surface area contributed by atoms with Gasteiger partial charge in [0.25, 0.3) is 0 Å². The number of rotatable bonds is 1. The second-order valence-electron chi connectivity index (χ2n) is 5.84. The summed E-state index contributed by atoms with van der Waals surface area (Å²) in [6.07, 6.45) is 2.36. The molecule has 0 radical (unpaired) electrons. The van der Waals surface area contributed by atoms with E-state index in [2.05, 4.69) is 60.3 Å². The number of imidazole rings is 1. The van der Waals surface area contributed by atoms with Gasteiger partial charge in [0.2, 0.25) is 0 Å². The van der Waals surface area contributed by atoms with Gasteiger partial charge < -0.3 is 9.88 Å². The zero-order valence-electron chi connectivity index (χ0n) is 12.5. The average Bonchev–Trinajstić information content (AvgIpc) is 2.85. The van der Waals surface area contributed by atoms with Crippen LogP contribution in [-0.4, -0.2) is 16.1 Å². The molecular formula is C18H19N3. The highest BCUT2D eigenvalue weighted by molar-refractivity contribution is 5.83. The molecular weight excluding hydrogens is 258 g/mol. The van der Waals surface area contributed by atoms with E-state index >= 15 is 0 Å². The van der Waals surface area contributed by atoms with Crippen LogP contribution in [0, 0.1) is 6.92 Å². The molecule has 4 rings (SSSR count). The van der Waals surface area contributed by atoms with Crippen LogP contribution in [0.2, 0.25) is 0 Å². The van der Waals surface area contributed by atoms with E-state index < -0.39 is 0 Å². The molecule has 0 bridgehead atoms. The average molecular weight is 277 g/mol.